The molecule has 0 saturated carbocycles. The van der Waals surface area contributed by atoms with E-state index in [4.69, 9.17) is 11.6 Å². The van der Waals surface area contributed by atoms with Gasteiger partial charge in [0.1, 0.15) is 5.82 Å². The summed E-state index contributed by atoms with van der Waals surface area (Å²) in [5, 5.41) is -0.599. The summed E-state index contributed by atoms with van der Waals surface area (Å²) in [6, 6.07) is 7.85. The Morgan fingerprint density at radius 1 is 1.12 bits per heavy atom. The molecule has 2 aromatic rings. The van der Waals surface area contributed by atoms with Crippen LogP contribution < -0.4 is 0 Å². The summed E-state index contributed by atoms with van der Waals surface area (Å²) < 4.78 is 77.9. The first kappa shape index (κ1) is 18.7. The van der Waals surface area contributed by atoms with E-state index in [2.05, 4.69) is 0 Å². The van der Waals surface area contributed by atoms with Crippen LogP contribution >= 0.6 is 11.6 Å². The summed E-state index contributed by atoms with van der Waals surface area (Å²) >= 11 is 5.48. The van der Waals surface area contributed by atoms with E-state index in [9.17, 15) is 26.0 Å². The van der Waals surface area contributed by atoms with Crippen LogP contribution in [0, 0.1) is 5.82 Å². The molecule has 0 spiro atoms. The molecule has 0 saturated heterocycles. The van der Waals surface area contributed by atoms with Crippen LogP contribution in [0.1, 0.15) is 11.1 Å². The molecular weight excluding hydrogens is 370 g/mol. The zero-order valence-corrected chi connectivity index (χ0v) is 13.9. The van der Waals surface area contributed by atoms with Crippen LogP contribution in [-0.2, 0) is 22.7 Å². The van der Waals surface area contributed by atoms with Crippen molar-refractivity contribution in [3.8, 4) is 0 Å². The van der Waals surface area contributed by atoms with Gasteiger partial charge < -0.3 is 0 Å². The lowest BCUT2D eigenvalue weighted by molar-refractivity contribution is -0.137. The predicted octanol–water partition coefficient (Wildman–Crippen LogP) is 4.32. The van der Waals surface area contributed by atoms with Crippen molar-refractivity contribution in [1.29, 1.82) is 0 Å². The molecule has 0 aromatic heterocycles. The van der Waals surface area contributed by atoms with Crippen molar-refractivity contribution in [2.24, 2.45) is 0 Å². The molecule has 0 bridgehead atoms. The van der Waals surface area contributed by atoms with Crippen LogP contribution in [-0.4, -0.2) is 19.8 Å². The minimum absolute atomic E-state index is 0.105. The highest BCUT2D eigenvalue weighted by molar-refractivity contribution is 7.89. The van der Waals surface area contributed by atoms with Gasteiger partial charge in [0.15, 0.2) is 0 Å². The average molecular weight is 382 g/mol. The molecule has 0 fully saturated rings. The van der Waals surface area contributed by atoms with Crippen molar-refractivity contribution in [3.63, 3.8) is 0 Å². The quantitative estimate of drug-likeness (QED) is 0.740. The molecule has 24 heavy (non-hydrogen) atoms. The fourth-order valence-corrected chi connectivity index (χ4v) is 3.41. The number of rotatable bonds is 4. The minimum Gasteiger partial charge on any atom is -0.207 e. The van der Waals surface area contributed by atoms with E-state index in [1.54, 1.807) is 0 Å². The fourth-order valence-electron chi connectivity index (χ4n) is 2.01. The Bertz CT molecular complexity index is 853. The largest absolute Gasteiger partial charge is 0.417 e. The zero-order chi connectivity index (χ0) is 18.1. The third-order valence-electron chi connectivity index (χ3n) is 3.30. The van der Waals surface area contributed by atoms with Gasteiger partial charge in [-0.3, -0.25) is 0 Å². The third kappa shape index (κ3) is 3.88. The summed E-state index contributed by atoms with van der Waals surface area (Å²) in [5.74, 6) is -0.605. The Morgan fingerprint density at radius 2 is 1.75 bits per heavy atom. The van der Waals surface area contributed by atoms with Gasteiger partial charge in [0.2, 0.25) is 10.0 Å². The summed E-state index contributed by atoms with van der Waals surface area (Å²) in [6.45, 7) is -0.320. The van der Waals surface area contributed by atoms with Crippen LogP contribution in [0.5, 0.6) is 0 Å². The van der Waals surface area contributed by atoms with Crippen molar-refractivity contribution in [2.75, 3.05) is 7.05 Å². The van der Waals surface area contributed by atoms with E-state index < -0.39 is 37.5 Å². The monoisotopic (exact) mass is 381 g/mol. The molecule has 3 nitrogen and oxygen atoms in total. The standard InChI is InChI=1S/C15H12ClF4NO2S/c1-21(9-10-4-2-3-5-14(10)17)24(22,23)11-6-7-13(16)12(8-11)15(18,19)20/h2-8H,9H2,1H3. The van der Waals surface area contributed by atoms with Crippen LogP contribution in [0.25, 0.3) is 0 Å². The molecule has 0 amide bonds. The first-order chi connectivity index (χ1) is 11.0. The number of hydrogen-bond donors (Lipinski definition) is 0. The van der Waals surface area contributed by atoms with Crippen LogP contribution in [0.15, 0.2) is 47.4 Å². The normalized spacial score (nSPS) is 12.6. The maximum atomic E-state index is 13.6. The number of halogens is 5. The molecular formula is C15H12ClF4NO2S. The summed E-state index contributed by atoms with van der Waals surface area (Å²) in [5.41, 5.74) is -1.14. The maximum Gasteiger partial charge on any atom is 0.417 e. The van der Waals surface area contributed by atoms with Gasteiger partial charge in [-0.2, -0.15) is 17.5 Å². The lowest BCUT2D eigenvalue weighted by atomic mass is 10.2. The molecule has 130 valence electrons. The van der Waals surface area contributed by atoms with Gasteiger partial charge >= 0.3 is 6.18 Å². The molecule has 2 rings (SSSR count). The molecule has 0 aliphatic carbocycles. The van der Waals surface area contributed by atoms with Gasteiger partial charge in [0.25, 0.3) is 0 Å². The number of nitrogens with zero attached hydrogens (tertiary/aromatic N) is 1. The van der Waals surface area contributed by atoms with E-state index in [1.165, 1.54) is 24.3 Å². The molecule has 0 heterocycles. The Hall–Kier alpha value is -1.64. The van der Waals surface area contributed by atoms with Gasteiger partial charge in [0, 0.05) is 19.2 Å². The van der Waals surface area contributed by atoms with Gasteiger partial charge in [-0.05, 0) is 24.3 Å². The third-order valence-corrected chi connectivity index (χ3v) is 5.43. The van der Waals surface area contributed by atoms with E-state index in [0.29, 0.717) is 6.07 Å². The predicted molar refractivity (Wildman–Crippen MR) is 81.5 cm³/mol. The van der Waals surface area contributed by atoms with Crippen molar-refractivity contribution in [3.05, 3.63) is 64.4 Å². The van der Waals surface area contributed by atoms with Crippen LogP contribution in [0.3, 0.4) is 0 Å². The van der Waals surface area contributed by atoms with Crippen molar-refractivity contribution in [1.82, 2.24) is 4.31 Å². The van der Waals surface area contributed by atoms with Gasteiger partial charge in [-0.25, -0.2) is 12.8 Å². The molecule has 2 aromatic carbocycles. The topological polar surface area (TPSA) is 37.4 Å². The number of hydrogen-bond acceptors (Lipinski definition) is 2. The second-order valence-corrected chi connectivity index (χ2v) is 7.44. The van der Waals surface area contributed by atoms with Crippen molar-refractivity contribution >= 4 is 21.6 Å². The maximum absolute atomic E-state index is 13.6. The molecule has 0 radical (unpaired) electrons. The molecule has 0 aliphatic rings. The highest BCUT2D eigenvalue weighted by atomic mass is 35.5. The Labute approximate surface area is 141 Å². The lowest BCUT2D eigenvalue weighted by Crippen LogP contribution is -2.27. The number of alkyl halides is 3. The Morgan fingerprint density at radius 3 is 2.33 bits per heavy atom. The zero-order valence-electron chi connectivity index (χ0n) is 12.3. The smallest absolute Gasteiger partial charge is 0.207 e. The highest BCUT2D eigenvalue weighted by Crippen LogP contribution is 2.36. The Kier molecular flexibility index (Phi) is 5.22. The summed E-state index contributed by atoms with van der Waals surface area (Å²) in [6.07, 6.45) is -4.78. The second-order valence-electron chi connectivity index (χ2n) is 4.99. The Balaban J connectivity index is 2.38. The fraction of sp³-hybridized carbons (Fsp3) is 0.200. The minimum atomic E-state index is -4.78. The van der Waals surface area contributed by atoms with Crippen LogP contribution in [0.4, 0.5) is 17.6 Å². The molecule has 0 unspecified atom stereocenters. The number of sulfonamides is 1. The molecule has 0 atom stereocenters. The summed E-state index contributed by atoms with van der Waals surface area (Å²) in [7, 11) is -3.09. The molecule has 0 N–H and O–H groups in total. The first-order valence-corrected chi connectivity index (χ1v) is 8.42. The van der Waals surface area contributed by atoms with E-state index in [1.807, 2.05) is 0 Å². The molecule has 9 heteroatoms. The summed E-state index contributed by atoms with van der Waals surface area (Å²) in [4.78, 5) is -0.571. The van der Waals surface area contributed by atoms with Crippen molar-refractivity contribution < 1.29 is 26.0 Å². The lowest BCUT2D eigenvalue weighted by Gasteiger charge is -2.19. The SMILES string of the molecule is CN(Cc1ccccc1F)S(=O)(=O)c1ccc(Cl)c(C(F)(F)F)c1. The van der Waals surface area contributed by atoms with E-state index >= 15 is 0 Å². The average Bonchev–Trinajstić information content (AvgIpc) is 2.48. The van der Waals surface area contributed by atoms with Crippen molar-refractivity contribution in [2.45, 2.75) is 17.6 Å². The van der Waals surface area contributed by atoms with Gasteiger partial charge in [-0.15, -0.1) is 0 Å². The highest BCUT2D eigenvalue weighted by Gasteiger charge is 2.35. The van der Waals surface area contributed by atoms with Gasteiger partial charge in [-0.1, -0.05) is 29.8 Å². The second kappa shape index (κ2) is 6.70. The van der Waals surface area contributed by atoms with E-state index in [0.717, 1.165) is 23.5 Å². The van der Waals surface area contributed by atoms with Crippen LogP contribution in [0.2, 0.25) is 5.02 Å². The van der Waals surface area contributed by atoms with E-state index in [-0.39, 0.29) is 12.1 Å². The first-order valence-electron chi connectivity index (χ1n) is 6.60. The number of benzene rings is 2. The molecule has 0 aliphatic heterocycles. The van der Waals surface area contributed by atoms with Gasteiger partial charge in [0.05, 0.1) is 15.5 Å².